The van der Waals surface area contributed by atoms with Gasteiger partial charge in [0.05, 0.1) is 5.02 Å². The molecule has 1 fully saturated rings. The van der Waals surface area contributed by atoms with Crippen molar-refractivity contribution in [1.82, 2.24) is 9.88 Å². The molecule has 1 aliphatic rings. The van der Waals surface area contributed by atoms with Gasteiger partial charge in [-0.3, -0.25) is 9.59 Å². The SMILES string of the molecule is O=C(O)CN(CC1CC1)C(=O)c1cc(Cl)c(Cl)[nH]1. The molecule has 0 atom stereocenters. The van der Waals surface area contributed by atoms with Crippen LogP contribution in [0.2, 0.25) is 10.2 Å². The van der Waals surface area contributed by atoms with Gasteiger partial charge in [-0.2, -0.15) is 0 Å². The predicted octanol–water partition coefficient (Wildman–Crippen LogP) is 2.26. The molecule has 1 saturated carbocycles. The minimum absolute atomic E-state index is 0.182. The van der Waals surface area contributed by atoms with Gasteiger partial charge in [0.25, 0.3) is 5.91 Å². The number of hydrogen-bond donors (Lipinski definition) is 2. The molecule has 0 aromatic carbocycles. The van der Waals surface area contributed by atoms with Crippen LogP contribution in [0.25, 0.3) is 0 Å². The summed E-state index contributed by atoms with van der Waals surface area (Å²) in [6.07, 6.45) is 2.07. The van der Waals surface area contributed by atoms with Gasteiger partial charge >= 0.3 is 5.97 Å². The molecular weight excluding hydrogens is 279 g/mol. The number of amides is 1. The number of aromatic amines is 1. The Bertz CT molecular complexity index is 463. The van der Waals surface area contributed by atoms with Crippen molar-refractivity contribution in [3.63, 3.8) is 0 Å². The Labute approximate surface area is 114 Å². The smallest absolute Gasteiger partial charge is 0.323 e. The van der Waals surface area contributed by atoms with Gasteiger partial charge in [-0.25, -0.2) is 0 Å². The fourth-order valence-electron chi connectivity index (χ4n) is 1.68. The van der Waals surface area contributed by atoms with Gasteiger partial charge in [-0.1, -0.05) is 23.2 Å². The average Bonchev–Trinajstić information content (AvgIpc) is 3.03. The van der Waals surface area contributed by atoms with Crippen molar-refractivity contribution in [3.8, 4) is 0 Å². The summed E-state index contributed by atoms with van der Waals surface area (Å²) < 4.78 is 0. The number of rotatable bonds is 5. The topological polar surface area (TPSA) is 73.4 Å². The summed E-state index contributed by atoms with van der Waals surface area (Å²) in [7, 11) is 0. The molecule has 0 aliphatic heterocycles. The number of carboxylic acids is 1. The van der Waals surface area contributed by atoms with E-state index < -0.39 is 11.9 Å². The van der Waals surface area contributed by atoms with Crippen molar-refractivity contribution < 1.29 is 14.7 Å². The minimum Gasteiger partial charge on any atom is -0.480 e. The highest BCUT2D eigenvalue weighted by molar-refractivity contribution is 6.41. The Morgan fingerprint density at radius 1 is 1.44 bits per heavy atom. The monoisotopic (exact) mass is 290 g/mol. The van der Waals surface area contributed by atoms with E-state index in [0.29, 0.717) is 12.5 Å². The maximum atomic E-state index is 12.1. The minimum atomic E-state index is -1.03. The number of carbonyl (C=O) groups is 2. The first kappa shape index (κ1) is 13.2. The highest BCUT2D eigenvalue weighted by atomic mass is 35.5. The maximum absolute atomic E-state index is 12.1. The van der Waals surface area contributed by atoms with Crippen molar-refractivity contribution in [2.75, 3.05) is 13.1 Å². The number of halogens is 2. The summed E-state index contributed by atoms with van der Waals surface area (Å²) in [5, 5.41) is 9.25. The lowest BCUT2D eigenvalue weighted by Crippen LogP contribution is -2.37. The van der Waals surface area contributed by atoms with E-state index in [-0.39, 0.29) is 22.4 Å². The zero-order chi connectivity index (χ0) is 13.3. The molecule has 7 heteroatoms. The first-order chi connectivity index (χ1) is 8.47. The molecular formula is C11H12Cl2N2O3. The molecule has 2 rings (SSSR count). The summed E-state index contributed by atoms with van der Waals surface area (Å²) in [5.74, 6) is -1.01. The highest BCUT2D eigenvalue weighted by Gasteiger charge is 2.29. The van der Waals surface area contributed by atoms with Gasteiger partial charge in [0.2, 0.25) is 0 Å². The number of aliphatic carboxylic acids is 1. The zero-order valence-electron chi connectivity index (χ0n) is 9.45. The van der Waals surface area contributed by atoms with Crippen molar-refractivity contribution in [1.29, 1.82) is 0 Å². The lowest BCUT2D eigenvalue weighted by Gasteiger charge is -2.19. The molecule has 18 heavy (non-hydrogen) atoms. The van der Waals surface area contributed by atoms with Crippen molar-refractivity contribution in [2.45, 2.75) is 12.8 Å². The van der Waals surface area contributed by atoms with Crippen molar-refractivity contribution in [3.05, 3.63) is 21.9 Å². The second-order valence-electron chi connectivity index (χ2n) is 4.37. The highest BCUT2D eigenvalue weighted by Crippen LogP contribution is 2.30. The van der Waals surface area contributed by atoms with E-state index in [1.165, 1.54) is 11.0 Å². The van der Waals surface area contributed by atoms with Crippen LogP contribution in [0.1, 0.15) is 23.3 Å². The maximum Gasteiger partial charge on any atom is 0.323 e. The van der Waals surface area contributed by atoms with Crippen molar-refractivity contribution in [2.24, 2.45) is 5.92 Å². The summed E-state index contributed by atoms with van der Waals surface area (Å²) >= 11 is 11.5. The molecule has 1 aromatic heterocycles. The lowest BCUT2D eigenvalue weighted by atomic mass is 10.3. The number of carbonyl (C=O) groups excluding carboxylic acids is 1. The van der Waals surface area contributed by atoms with Crippen LogP contribution in [0.3, 0.4) is 0 Å². The van der Waals surface area contributed by atoms with E-state index in [2.05, 4.69) is 4.98 Å². The van der Waals surface area contributed by atoms with Crippen LogP contribution in [0, 0.1) is 5.92 Å². The largest absolute Gasteiger partial charge is 0.480 e. The molecule has 2 N–H and O–H groups in total. The third kappa shape index (κ3) is 3.17. The van der Waals surface area contributed by atoms with Gasteiger partial charge in [-0.05, 0) is 24.8 Å². The number of aromatic nitrogens is 1. The predicted molar refractivity (Wildman–Crippen MR) is 67.1 cm³/mol. The number of nitrogens with zero attached hydrogens (tertiary/aromatic N) is 1. The third-order valence-corrected chi connectivity index (χ3v) is 3.44. The Balaban J connectivity index is 2.12. The first-order valence-corrected chi connectivity index (χ1v) is 6.28. The van der Waals surface area contributed by atoms with E-state index in [9.17, 15) is 9.59 Å². The molecule has 0 saturated heterocycles. The van der Waals surface area contributed by atoms with E-state index in [0.717, 1.165) is 12.8 Å². The standard InChI is InChI=1S/C11H12Cl2N2O3/c12-7-3-8(14-10(7)13)11(18)15(5-9(16)17)4-6-1-2-6/h3,6,14H,1-2,4-5H2,(H,16,17). The normalized spacial score (nSPS) is 14.6. The molecule has 1 amide bonds. The third-order valence-electron chi connectivity index (χ3n) is 2.74. The summed E-state index contributed by atoms with van der Waals surface area (Å²) in [5.41, 5.74) is 0.215. The molecule has 98 valence electrons. The van der Waals surface area contributed by atoms with Crippen LogP contribution in [0.5, 0.6) is 0 Å². The number of hydrogen-bond acceptors (Lipinski definition) is 2. The van der Waals surface area contributed by atoms with E-state index in [1.807, 2.05) is 0 Å². The van der Waals surface area contributed by atoms with Crippen LogP contribution < -0.4 is 0 Å². The van der Waals surface area contributed by atoms with Crippen molar-refractivity contribution >= 4 is 35.1 Å². The van der Waals surface area contributed by atoms with E-state index in [4.69, 9.17) is 28.3 Å². The van der Waals surface area contributed by atoms with E-state index >= 15 is 0 Å². The van der Waals surface area contributed by atoms with Gasteiger partial charge < -0.3 is 15.0 Å². The second-order valence-corrected chi connectivity index (χ2v) is 5.15. The number of carboxylic acid groups (broad SMARTS) is 1. The summed E-state index contributed by atoms with van der Waals surface area (Å²) in [6, 6.07) is 1.41. The Morgan fingerprint density at radius 3 is 2.56 bits per heavy atom. The average molecular weight is 291 g/mol. The molecule has 0 bridgehead atoms. The Morgan fingerprint density at radius 2 is 2.11 bits per heavy atom. The zero-order valence-corrected chi connectivity index (χ0v) is 11.0. The van der Waals surface area contributed by atoms with Crippen LogP contribution in [0.4, 0.5) is 0 Å². The van der Waals surface area contributed by atoms with Crippen LogP contribution >= 0.6 is 23.2 Å². The quantitative estimate of drug-likeness (QED) is 0.874. The molecule has 0 spiro atoms. The lowest BCUT2D eigenvalue weighted by molar-refractivity contribution is -0.137. The van der Waals surface area contributed by atoms with Crippen LogP contribution in [-0.2, 0) is 4.79 Å². The van der Waals surface area contributed by atoms with Crippen LogP contribution in [0.15, 0.2) is 6.07 Å². The number of H-pyrrole nitrogens is 1. The molecule has 1 heterocycles. The van der Waals surface area contributed by atoms with Gasteiger partial charge in [0, 0.05) is 6.54 Å². The molecule has 1 aromatic rings. The summed E-state index contributed by atoms with van der Waals surface area (Å²) in [6.45, 7) is 0.142. The Hall–Kier alpha value is -1.20. The van der Waals surface area contributed by atoms with E-state index in [1.54, 1.807) is 0 Å². The molecule has 5 nitrogen and oxygen atoms in total. The molecule has 0 unspecified atom stereocenters. The fourth-order valence-corrected chi connectivity index (χ4v) is 2.00. The van der Waals surface area contributed by atoms with Gasteiger partial charge in [0.1, 0.15) is 17.4 Å². The molecule has 0 radical (unpaired) electrons. The number of nitrogens with one attached hydrogen (secondary N) is 1. The Kier molecular flexibility index (Phi) is 3.82. The second kappa shape index (κ2) is 5.20. The fraction of sp³-hybridized carbons (Fsp3) is 0.455. The molecule has 1 aliphatic carbocycles. The first-order valence-electron chi connectivity index (χ1n) is 5.52. The summed E-state index contributed by atoms with van der Waals surface area (Å²) in [4.78, 5) is 26.8. The van der Waals surface area contributed by atoms with Crippen LogP contribution in [-0.4, -0.2) is 40.0 Å². The van der Waals surface area contributed by atoms with Gasteiger partial charge in [0.15, 0.2) is 0 Å². The van der Waals surface area contributed by atoms with Gasteiger partial charge in [-0.15, -0.1) is 0 Å².